The summed E-state index contributed by atoms with van der Waals surface area (Å²) < 4.78 is 0. The van der Waals surface area contributed by atoms with E-state index < -0.39 is 0 Å². The van der Waals surface area contributed by atoms with Crippen molar-refractivity contribution >= 4 is 11.3 Å². The van der Waals surface area contributed by atoms with E-state index in [9.17, 15) is 4.79 Å². The molecule has 1 aliphatic rings. The number of fused-ring (bicyclic) bond motifs is 1. The van der Waals surface area contributed by atoms with Gasteiger partial charge >= 0.3 is 0 Å². The van der Waals surface area contributed by atoms with Gasteiger partial charge in [-0.25, -0.2) is 9.97 Å². The molecule has 0 aromatic carbocycles. The first-order valence-corrected chi connectivity index (χ1v) is 8.27. The molecule has 3 heterocycles. The topological polar surface area (TPSA) is 61.9 Å². The molecule has 0 fully saturated rings. The third-order valence-corrected chi connectivity index (χ3v) is 4.82. The van der Waals surface area contributed by atoms with Crippen molar-refractivity contribution in [2.75, 3.05) is 6.54 Å². The fourth-order valence-corrected chi connectivity index (χ4v) is 3.53. The molecule has 1 N–H and O–H groups in total. The maximum Gasteiger partial charge on any atom is 0.254 e. The molecule has 0 saturated heterocycles. The van der Waals surface area contributed by atoms with Gasteiger partial charge in [0, 0.05) is 36.5 Å². The quantitative estimate of drug-likeness (QED) is 0.939. The van der Waals surface area contributed by atoms with E-state index in [-0.39, 0.29) is 5.56 Å². The van der Waals surface area contributed by atoms with Crippen LogP contribution < -0.4 is 5.56 Å². The summed E-state index contributed by atoms with van der Waals surface area (Å²) in [6.45, 7) is 6.70. The Morgan fingerprint density at radius 1 is 1.48 bits per heavy atom. The lowest BCUT2D eigenvalue weighted by Crippen LogP contribution is -2.35. The molecule has 5 nitrogen and oxygen atoms in total. The summed E-state index contributed by atoms with van der Waals surface area (Å²) in [6, 6.07) is 0. The molecule has 0 radical (unpaired) electrons. The molecule has 0 unspecified atom stereocenters. The number of nitrogens with one attached hydrogen (secondary N) is 1. The molecule has 0 aliphatic carbocycles. The number of thiazole rings is 1. The largest absolute Gasteiger partial charge is 0.310 e. The lowest BCUT2D eigenvalue weighted by atomic mass is 10.1. The molecule has 112 valence electrons. The van der Waals surface area contributed by atoms with Gasteiger partial charge in [-0.1, -0.05) is 6.92 Å². The molecule has 0 amide bonds. The van der Waals surface area contributed by atoms with Gasteiger partial charge in [-0.3, -0.25) is 9.69 Å². The van der Waals surface area contributed by atoms with Crippen LogP contribution in [0.3, 0.4) is 0 Å². The Hall–Kier alpha value is -1.53. The Morgan fingerprint density at radius 3 is 3.05 bits per heavy atom. The van der Waals surface area contributed by atoms with Gasteiger partial charge in [0.25, 0.3) is 5.56 Å². The molecule has 21 heavy (non-hydrogen) atoms. The zero-order valence-corrected chi connectivity index (χ0v) is 13.3. The first kappa shape index (κ1) is 14.4. The predicted octanol–water partition coefficient (Wildman–Crippen LogP) is 2.05. The molecule has 1 aliphatic heterocycles. The van der Waals surface area contributed by atoms with Crippen LogP contribution in [0.15, 0.2) is 10.3 Å². The van der Waals surface area contributed by atoms with E-state index in [0.29, 0.717) is 0 Å². The normalized spacial score (nSPS) is 15.1. The fourth-order valence-electron chi connectivity index (χ4n) is 2.72. The Kier molecular flexibility index (Phi) is 4.17. The summed E-state index contributed by atoms with van der Waals surface area (Å²) in [5.74, 6) is 0.817. The van der Waals surface area contributed by atoms with Gasteiger partial charge in [0.1, 0.15) is 5.82 Å². The van der Waals surface area contributed by atoms with Gasteiger partial charge < -0.3 is 4.98 Å². The Balaban J connectivity index is 1.81. The number of aromatic amines is 1. The second kappa shape index (κ2) is 6.07. The van der Waals surface area contributed by atoms with E-state index in [0.717, 1.165) is 61.7 Å². The van der Waals surface area contributed by atoms with E-state index in [4.69, 9.17) is 0 Å². The van der Waals surface area contributed by atoms with E-state index in [2.05, 4.69) is 26.8 Å². The third kappa shape index (κ3) is 3.06. The Labute approximate surface area is 128 Å². The highest BCUT2D eigenvalue weighted by Crippen LogP contribution is 2.20. The summed E-state index contributed by atoms with van der Waals surface area (Å²) in [6.07, 6.45) is 2.60. The minimum Gasteiger partial charge on any atom is -0.310 e. The summed E-state index contributed by atoms with van der Waals surface area (Å²) in [5, 5.41) is 0. The highest BCUT2D eigenvalue weighted by Gasteiger charge is 2.21. The third-order valence-electron chi connectivity index (χ3n) is 3.90. The lowest BCUT2D eigenvalue weighted by Gasteiger charge is -2.27. The van der Waals surface area contributed by atoms with Crippen molar-refractivity contribution in [1.29, 1.82) is 0 Å². The van der Waals surface area contributed by atoms with Crippen LogP contribution in [0.25, 0.3) is 0 Å². The van der Waals surface area contributed by atoms with Gasteiger partial charge in [0.2, 0.25) is 0 Å². The summed E-state index contributed by atoms with van der Waals surface area (Å²) in [7, 11) is 0. The minimum atomic E-state index is 0.0528. The van der Waals surface area contributed by atoms with Crippen molar-refractivity contribution in [2.24, 2.45) is 0 Å². The smallest absolute Gasteiger partial charge is 0.254 e. The second-order valence-corrected chi connectivity index (χ2v) is 6.45. The first-order chi connectivity index (χ1) is 10.2. The lowest BCUT2D eigenvalue weighted by molar-refractivity contribution is 0.241. The molecule has 0 atom stereocenters. The van der Waals surface area contributed by atoms with Gasteiger partial charge in [-0.2, -0.15) is 0 Å². The van der Waals surface area contributed by atoms with E-state index in [1.54, 1.807) is 11.3 Å². The number of aromatic nitrogens is 3. The van der Waals surface area contributed by atoms with Crippen LogP contribution in [0.1, 0.15) is 41.0 Å². The highest BCUT2D eigenvalue weighted by molar-refractivity contribution is 7.09. The number of hydrogen-bond acceptors (Lipinski definition) is 5. The molecule has 0 spiro atoms. The molecule has 6 heteroatoms. The van der Waals surface area contributed by atoms with Crippen LogP contribution in [0.5, 0.6) is 0 Å². The van der Waals surface area contributed by atoms with E-state index in [1.165, 1.54) is 4.88 Å². The average Bonchev–Trinajstić information content (AvgIpc) is 2.84. The SMILES string of the molecule is CCCc1nc2c(c(=O)[nH]1)CCN(Cc1scnc1C)C2. The van der Waals surface area contributed by atoms with Crippen molar-refractivity contribution < 1.29 is 0 Å². The van der Waals surface area contributed by atoms with Gasteiger partial charge in [0.05, 0.1) is 16.9 Å². The maximum absolute atomic E-state index is 12.1. The standard InChI is InChI=1S/C15H20N4OS/c1-3-4-14-17-12-7-19(6-5-11(12)15(20)18-14)8-13-10(2)16-9-21-13/h9H,3-8H2,1-2H3,(H,17,18,20). The molecule has 0 bridgehead atoms. The molecular weight excluding hydrogens is 284 g/mol. The second-order valence-electron chi connectivity index (χ2n) is 5.51. The summed E-state index contributed by atoms with van der Waals surface area (Å²) in [5.41, 5.74) is 4.88. The van der Waals surface area contributed by atoms with Crippen molar-refractivity contribution in [2.45, 2.75) is 46.2 Å². The molecule has 3 rings (SSSR count). The predicted molar refractivity (Wildman–Crippen MR) is 83.5 cm³/mol. The number of H-pyrrole nitrogens is 1. The number of nitrogens with zero attached hydrogens (tertiary/aromatic N) is 3. The van der Waals surface area contributed by atoms with Crippen LogP contribution >= 0.6 is 11.3 Å². The van der Waals surface area contributed by atoms with Gasteiger partial charge in [0.15, 0.2) is 0 Å². The number of rotatable bonds is 4. The summed E-state index contributed by atoms with van der Waals surface area (Å²) in [4.78, 5) is 27.6. The number of aryl methyl sites for hydroxylation is 2. The zero-order valence-electron chi connectivity index (χ0n) is 12.5. The van der Waals surface area contributed by atoms with Crippen molar-refractivity contribution in [3.05, 3.63) is 43.5 Å². The average molecular weight is 304 g/mol. The molecule has 0 saturated carbocycles. The van der Waals surface area contributed by atoms with Crippen LogP contribution in [0.2, 0.25) is 0 Å². The number of hydrogen-bond donors (Lipinski definition) is 1. The van der Waals surface area contributed by atoms with Crippen LogP contribution in [-0.4, -0.2) is 26.4 Å². The van der Waals surface area contributed by atoms with Crippen molar-refractivity contribution in [3.8, 4) is 0 Å². The molecular formula is C15H20N4OS. The van der Waals surface area contributed by atoms with Crippen LogP contribution in [-0.2, 0) is 25.9 Å². The fraction of sp³-hybridized carbons (Fsp3) is 0.533. The highest BCUT2D eigenvalue weighted by atomic mass is 32.1. The Bertz CT molecular complexity index is 691. The molecule has 2 aromatic rings. The first-order valence-electron chi connectivity index (χ1n) is 7.39. The van der Waals surface area contributed by atoms with E-state index >= 15 is 0 Å². The molecule has 2 aromatic heterocycles. The Morgan fingerprint density at radius 2 is 2.33 bits per heavy atom. The van der Waals surface area contributed by atoms with Crippen molar-refractivity contribution in [1.82, 2.24) is 19.9 Å². The summed E-state index contributed by atoms with van der Waals surface area (Å²) >= 11 is 1.70. The van der Waals surface area contributed by atoms with Crippen molar-refractivity contribution in [3.63, 3.8) is 0 Å². The van der Waals surface area contributed by atoms with Gasteiger partial charge in [-0.15, -0.1) is 11.3 Å². The van der Waals surface area contributed by atoms with Crippen LogP contribution in [0.4, 0.5) is 0 Å². The maximum atomic E-state index is 12.1. The zero-order chi connectivity index (χ0) is 14.8. The van der Waals surface area contributed by atoms with Gasteiger partial charge in [-0.05, 0) is 19.8 Å². The van der Waals surface area contributed by atoms with E-state index in [1.807, 2.05) is 12.4 Å². The van der Waals surface area contributed by atoms with Crippen LogP contribution in [0, 0.1) is 6.92 Å². The monoisotopic (exact) mass is 304 g/mol. The minimum absolute atomic E-state index is 0.0528.